The number of imidazole rings is 1. The van der Waals surface area contributed by atoms with E-state index in [1.165, 1.54) is 23.9 Å². The molecule has 124 valence electrons. The van der Waals surface area contributed by atoms with Crippen molar-refractivity contribution in [1.29, 1.82) is 0 Å². The number of halogens is 3. The minimum Gasteiger partial charge on any atom is -0.342 e. The van der Waals surface area contributed by atoms with Crippen LogP contribution in [0.1, 0.15) is 24.8 Å². The summed E-state index contributed by atoms with van der Waals surface area (Å²) in [5.41, 5.74) is 9.56. The first kappa shape index (κ1) is 16.4. The van der Waals surface area contributed by atoms with Crippen LogP contribution in [0.2, 0.25) is 0 Å². The standard InChI is InChI=1S/C16H19Br3N4/c17-11-10-2-1-5-23-15(10)14(13(19)12(11)18)21-16(23)22-6-3-9(8-20)4-7-22/h9H,1-8,20H2. The van der Waals surface area contributed by atoms with Gasteiger partial charge in [-0.25, -0.2) is 4.98 Å². The van der Waals surface area contributed by atoms with Crippen molar-refractivity contribution in [3.8, 4) is 0 Å². The molecule has 0 aliphatic carbocycles. The van der Waals surface area contributed by atoms with Gasteiger partial charge >= 0.3 is 0 Å². The Labute approximate surface area is 161 Å². The van der Waals surface area contributed by atoms with E-state index in [0.717, 1.165) is 63.9 Å². The highest BCUT2D eigenvalue weighted by molar-refractivity contribution is 9.14. The van der Waals surface area contributed by atoms with Gasteiger partial charge in [0.2, 0.25) is 5.95 Å². The van der Waals surface area contributed by atoms with Gasteiger partial charge in [0.1, 0.15) is 5.52 Å². The molecule has 1 aromatic carbocycles. The molecular formula is C16H19Br3N4. The number of benzene rings is 1. The Morgan fingerprint density at radius 2 is 1.78 bits per heavy atom. The third-order valence-electron chi connectivity index (χ3n) is 5.13. The summed E-state index contributed by atoms with van der Waals surface area (Å²) >= 11 is 11.2. The van der Waals surface area contributed by atoms with E-state index in [9.17, 15) is 0 Å². The lowest BCUT2D eigenvalue weighted by atomic mass is 9.97. The van der Waals surface area contributed by atoms with Gasteiger partial charge in [0.05, 0.1) is 9.99 Å². The summed E-state index contributed by atoms with van der Waals surface area (Å²) < 4.78 is 5.69. The van der Waals surface area contributed by atoms with Crippen LogP contribution >= 0.6 is 47.8 Å². The number of hydrogen-bond acceptors (Lipinski definition) is 3. The van der Waals surface area contributed by atoms with Gasteiger partial charge in [-0.3, -0.25) is 0 Å². The summed E-state index contributed by atoms with van der Waals surface area (Å²) in [6.45, 7) is 3.97. The molecule has 1 saturated heterocycles. The first-order chi connectivity index (χ1) is 11.1. The highest BCUT2D eigenvalue weighted by Gasteiger charge is 2.28. The first-order valence-electron chi connectivity index (χ1n) is 8.12. The molecule has 23 heavy (non-hydrogen) atoms. The molecule has 2 aliphatic rings. The SMILES string of the molecule is NCC1CCN(c2nc3c(Br)c(Br)c(Br)c4c3n2CCC4)CC1. The van der Waals surface area contributed by atoms with E-state index in [0.29, 0.717) is 5.92 Å². The number of piperidine rings is 1. The molecule has 4 rings (SSSR count). The van der Waals surface area contributed by atoms with E-state index >= 15 is 0 Å². The number of aryl methyl sites for hydroxylation is 2. The first-order valence-corrected chi connectivity index (χ1v) is 10.5. The van der Waals surface area contributed by atoms with Crippen LogP contribution in [-0.4, -0.2) is 29.2 Å². The molecule has 4 nitrogen and oxygen atoms in total. The average molecular weight is 507 g/mol. The van der Waals surface area contributed by atoms with E-state index < -0.39 is 0 Å². The van der Waals surface area contributed by atoms with Crippen LogP contribution < -0.4 is 10.6 Å². The molecule has 7 heteroatoms. The van der Waals surface area contributed by atoms with Gasteiger partial charge in [-0.15, -0.1) is 0 Å². The van der Waals surface area contributed by atoms with Crippen molar-refractivity contribution >= 4 is 64.8 Å². The smallest absolute Gasteiger partial charge is 0.206 e. The Balaban J connectivity index is 1.84. The van der Waals surface area contributed by atoms with Gasteiger partial charge in [0.25, 0.3) is 0 Å². The summed E-state index contributed by atoms with van der Waals surface area (Å²) in [6, 6.07) is 0. The lowest BCUT2D eigenvalue weighted by Crippen LogP contribution is -2.37. The average Bonchev–Trinajstić information content (AvgIpc) is 2.98. The van der Waals surface area contributed by atoms with Crippen molar-refractivity contribution in [1.82, 2.24) is 9.55 Å². The van der Waals surface area contributed by atoms with Crippen molar-refractivity contribution in [2.45, 2.75) is 32.2 Å². The highest BCUT2D eigenvalue weighted by atomic mass is 79.9. The largest absolute Gasteiger partial charge is 0.342 e. The Morgan fingerprint density at radius 3 is 2.48 bits per heavy atom. The Morgan fingerprint density at radius 1 is 1.04 bits per heavy atom. The van der Waals surface area contributed by atoms with Crippen molar-refractivity contribution in [3.63, 3.8) is 0 Å². The van der Waals surface area contributed by atoms with E-state index in [1.807, 2.05) is 0 Å². The van der Waals surface area contributed by atoms with E-state index in [4.69, 9.17) is 10.7 Å². The second-order valence-corrected chi connectivity index (χ2v) is 8.83. The number of hydrogen-bond donors (Lipinski definition) is 1. The van der Waals surface area contributed by atoms with E-state index in [1.54, 1.807) is 0 Å². The third kappa shape index (κ3) is 2.58. The van der Waals surface area contributed by atoms with Crippen LogP contribution in [-0.2, 0) is 13.0 Å². The van der Waals surface area contributed by atoms with Gasteiger partial charge in [0.15, 0.2) is 0 Å². The van der Waals surface area contributed by atoms with Crippen molar-refractivity contribution in [2.24, 2.45) is 11.7 Å². The fraction of sp³-hybridized carbons (Fsp3) is 0.562. The molecule has 1 aromatic heterocycles. The minimum atomic E-state index is 0.669. The van der Waals surface area contributed by atoms with Crippen LogP contribution in [0.3, 0.4) is 0 Å². The lowest BCUT2D eigenvalue weighted by molar-refractivity contribution is 0.408. The normalized spacial score (nSPS) is 18.9. The molecule has 0 unspecified atom stereocenters. The van der Waals surface area contributed by atoms with Crippen LogP contribution in [0.25, 0.3) is 11.0 Å². The molecule has 0 atom stereocenters. The van der Waals surface area contributed by atoms with E-state index in [-0.39, 0.29) is 0 Å². The number of anilines is 1. The Bertz CT molecular complexity index is 763. The van der Waals surface area contributed by atoms with Crippen LogP contribution in [0.4, 0.5) is 5.95 Å². The Kier molecular flexibility index (Phi) is 4.49. The number of nitrogens with two attached hydrogens (primary N) is 1. The van der Waals surface area contributed by atoms with Gasteiger partial charge in [-0.1, -0.05) is 0 Å². The second kappa shape index (κ2) is 6.32. The molecule has 2 aromatic rings. The molecule has 0 saturated carbocycles. The van der Waals surface area contributed by atoms with Gasteiger partial charge < -0.3 is 15.2 Å². The summed E-state index contributed by atoms with van der Waals surface area (Å²) in [7, 11) is 0. The zero-order valence-electron chi connectivity index (χ0n) is 12.8. The molecule has 0 spiro atoms. The maximum absolute atomic E-state index is 5.83. The summed E-state index contributed by atoms with van der Waals surface area (Å²) in [5, 5.41) is 0. The van der Waals surface area contributed by atoms with Crippen molar-refractivity contribution in [2.75, 3.05) is 24.5 Å². The summed E-state index contributed by atoms with van der Waals surface area (Å²) in [4.78, 5) is 7.46. The topological polar surface area (TPSA) is 47.1 Å². The number of nitrogens with zero attached hydrogens (tertiary/aromatic N) is 3. The van der Waals surface area contributed by atoms with Gasteiger partial charge in [-0.2, -0.15) is 0 Å². The fourth-order valence-corrected chi connectivity index (χ4v) is 5.55. The third-order valence-corrected chi connectivity index (χ3v) is 8.64. The van der Waals surface area contributed by atoms with Crippen LogP contribution in [0.5, 0.6) is 0 Å². The summed E-state index contributed by atoms with van der Waals surface area (Å²) in [5.74, 6) is 1.80. The molecule has 2 N–H and O–H groups in total. The molecule has 2 aliphatic heterocycles. The minimum absolute atomic E-state index is 0.669. The molecule has 0 bridgehead atoms. The van der Waals surface area contributed by atoms with Gasteiger partial charge in [-0.05, 0) is 91.5 Å². The van der Waals surface area contributed by atoms with Crippen LogP contribution in [0, 0.1) is 5.92 Å². The number of rotatable bonds is 2. The highest BCUT2D eigenvalue weighted by Crippen LogP contribution is 2.44. The van der Waals surface area contributed by atoms with Crippen LogP contribution in [0.15, 0.2) is 13.4 Å². The fourth-order valence-electron chi connectivity index (χ4n) is 3.80. The zero-order chi connectivity index (χ0) is 16.1. The predicted octanol–water partition coefficient (Wildman–Crippen LogP) is 4.45. The molecule has 3 heterocycles. The summed E-state index contributed by atoms with van der Waals surface area (Å²) in [6.07, 6.45) is 4.60. The monoisotopic (exact) mass is 504 g/mol. The molecular weight excluding hydrogens is 488 g/mol. The van der Waals surface area contributed by atoms with Crippen molar-refractivity contribution < 1.29 is 0 Å². The predicted molar refractivity (Wildman–Crippen MR) is 105 cm³/mol. The molecule has 0 radical (unpaired) electrons. The van der Waals surface area contributed by atoms with Gasteiger partial charge in [0, 0.05) is 28.6 Å². The zero-order valence-corrected chi connectivity index (χ0v) is 17.5. The molecule has 1 fully saturated rings. The van der Waals surface area contributed by atoms with E-state index in [2.05, 4.69) is 57.3 Å². The second-order valence-electron chi connectivity index (χ2n) is 6.45. The maximum Gasteiger partial charge on any atom is 0.206 e. The maximum atomic E-state index is 5.83. The Hall–Kier alpha value is -0.110. The number of aromatic nitrogens is 2. The molecule has 0 amide bonds. The quantitative estimate of drug-likeness (QED) is 0.612. The lowest BCUT2D eigenvalue weighted by Gasteiger charge is -2.33. The van der Waals surface area contributed by atoms with Crippen molar-refractivity contribution in [3.05, 3.63) is 19.0 Å².